The first kappa shape index (κ1) is 39.0. The van der Waals surface area contributed by atoms with Crippen LogP contribution >= 0.6 is 0 Å². The summed E-state index contributed by atoms with van der Waals surface area (Å²) >= 11 is 0. The van der Waals surface area contributed by atoms with E-state index < -0.39 is 74.7 Å². The molecule has 3 aliphatic rings. The van der Waals surface area contributed by atoms with Crippen LogP contribution < -0.4 is 26.0 Å². The predicted molar refractivity (Wildman–Crippen MR) is 181 cm³/mol. The maximum atomic E-state index is 14.3. The summed E-state index contributed by atoms with van der Waals surface area (Å²) in [5.41, 5.74) is -1.56. The topological polar surface area (TPSA) is 186 Å². The minimum atomic E-state index is -3.65. The lowest BCUT2D eigenvalue weighted by Gasteiger charge is -2.39. The molecule has 268 valence electrons. The number of carbonyl (C=O) groups excluding carboxylic acids is 5. The smallest absolute Gasteiger partial charge is 0.315 e. The van der Waals surface area contributed by atoms with Crippen molar-refractivity contribution < 1.29 is 32.4 Å². The number of urea groups is 1. The van der Waals surface area contributed by atoms with Crippen LogP contribution in [-0.4, -0.2) is 104 Å². The van der Waals surface area contributed by atoms with E-state index >= 15 is 0 Å². The minimum absolute atomic E-state index is 0.0173. The van der Waals surface area contributed by atoms with Crippen molar-refractivity contribution in [2.75, 3.05) is 32.7 Å². The molecule has 5 amide bonds. The fraction of sp³-hybridized carbons (Fsp3) is 0.727. The number of carbonyl (C=O) groups is 5. The molecule has 14 nitrogen and oxygen atoms in total. The zero-order chi connectivity index (χ0) is 36.4. The third kappa shape index (κ3) is 8.75. The van der Waals surface area contributed by atoms with Gasteiger partial charge >= 0.3 is 6.03 Å². The molecule has 15 heteroatoms. The normalized spacial score (nSPS) is 24.6. The second kappa shape index (κ2) is 14.6. The Morgan fingerprint density at radius 3 is 2.23 bits per heavy atom. The SMILES string of the molecule is C#CCCC(NC(=O)[C@@H]1[C@@H]2[C@H](CN1C(=O)[C@@H](NC(=O)N[C@H](CN1CCNS1(=O)=O)C(C)(C)C)C(C)(C)C)C2(C)C)C(=O)C(=O)NCC=C. The summed E-state index contributed by atoms with van der Waals surface area (Å²) in [7, 11) is -3.65. The van der Waals surface area contributed by atoms with Crippen molar-refractivity contribution in [1.82, 2.24) is 35.2 Å². The zero-order valence-electron chi connectivity index (χ0n) is 29.4. The number of hydrogen-bond donors (Lipinski definition) is 5. The second-order valence-electron chi connectivity index (χ2n) is 15.6. The summed E-state index contributed by atoms with van der Waals surface area (Å²) in [5.74, 6) is -0.508. The van der Waals surface area contributed by atoms with Crippen LogP contribution in [0.15, 0.2) is 12.7 Å². The van der Waals surface area contributed by atoms with Crippen molar-refractivity contribution in [2.45, 2.75) is 92.4 Å². The first-order chi connectivity index (χ1) is 22.1. The van der Waals surface area contributed by atoms with Crippen LogP contribution in [0.5, 0.6) is 0 Å². The van der Waals surface area contributed by atoms with Crippen molar-refractivity contribution in [3.8, 4) is 12.3 Å². The van der Waals surface area contributed by atoms with Gasteiger partial charge in [0.15, 0.2) is 0 Å². The number of likely N-dealkylation sites (tertiary alicyclic amines) is 1. The molecule has 0 radical (unpaired) electrons. The van der Waals surface area contributed by atoms with E-state index in [2.05, 4.69) is 38.5 Å². The van der Waals surface area contributed by atoms with Crippen LogP contribution in [0.1, 0.15) is 68.2 Å². The van der Waals surface area contributed by atoms with Crippen LogP contribution in [0.3, 0.4) is 0 Å². The van der Waals surface area contributed by atoms with E-state index in [-0.39, 0.29) is 62.8 Å². The number of amides is 5. The van der Waals surface area contributed by atoms with Crippen molar-refractivity contribution in [1.29, 1.82) is 0 Å². The van der Waals surface area contributed by atoms with Crippen LogP contribution in [0, 0.1) is 40.4 Å². The summed E-state index contributed by atoms with van der Waals surface area (Å²) in [6.45, 7) is 19.5. The van der Waals surface area contributed by atoms with Gasteiger partial charge in [0.2, 0.25) is 17.6 Å². The summed E-state index contributed by atoms with van der Waals surface area (Å²) in [5, 5.41) is 10.8. The maximum Gasteiger partial charge on any atom is 0.315 e. The van der Waals surface area contributed by atoms with E-state index in [9.17, 15) is 32.4 Å². The highest BCUT2D eigenvalue weighted by atomic mass is 32.2. The lowest BCUT2D eigenvalue weighted by atomic mass is 9.85. The standard InChI is InChI=1S/C33H53N7O7S/c1-11-13-14-21(25(41)28(43)34-15-12-2)36-27(42)24-23-20(33(23,9)10)18-40(24)29(44)26(32(6,7)8)38-30(45)37-22(31(3,4)5)19-39-17-16-35-48(39,46)47/h1,12,20-24,26,35H,2,13-19H2,3-10H3,(H,34,43)(H,36,42)(H2,37,38,45)/t20-,21?,22+,23-,24-,26+/m0/s1. The van der Waals surface area contributed by atoms with Gasteiger partial charge in [0.1, 0.15) is 12.1 Å². The maximum absolute atomic E-state index is 14.3. The lowest BCUT2D eigenvalue weighted by Crippen LogP contribution is -2.62. The van der Waals surface area contributed by atoms with Gasteiger partial charge in [-0.2, -0.15) is 12.7 Å². The Morgan fingerprint density at radius 2 is 1.71 bits per heavy atom. The first-order valence-corrected chi connectivity index (χ1v) is 17.8. The Kier molecular flexibility index (Phi) is 11.8. The van der Waals surface area contributed by atoms with E-state index in [1.807, 2.05) is 34.6 Å². The molecule has 3 fully saturated rings. The number of fused-ring (bicyclic) bond motifs is 1. The zero-order valence-corrected chi connectivity index (χ0v) is 30.3. The summed E-state index contributed by atoms with van der Waals surface area (Å²) in [6.07, 6.45) is 7.02. The Labute approximate surface area is 285 Å². The first-order valence-electron chi connectivity index (χ1n) is 16.4. The number of nitrogens with zero attached hydrogens (tertiary/aromatic N) is 2. The molecule has 5 N–H and O–H groups in total. The Morgan fingerprint density at radius 1 is 1.06 bits per heavy atom. The van der Waals surface area contributed by atoms with E-state index in [1.165, 1.54) is 15.3 Å². The van der Waals surface area contributed by atoms with Gasteiger partial charge in [0.05, 0.1) is 6.04 Å². The summed E-state index contributed by atoms with van der Waals surface area (Å²) in [6, 6.07) is -4.44. The van der Waals surface area contributed by atoms with Crippen LogP contribution in [0.4, 0.5) is 4.79 Å². The van der Waals surface area contributed by atoms with Crippen molar-refractivity contribution in [3.63, 3.8) is 0 Å². The molecule has 0 aromatic heterocycles. The number of terminal acetylenes is 1. The largest absolute Gasteiger partial charge is 0.346 e. The molecule has 0 bridgehead atoms. The Balaban J connectivity index is 1.83. The fourth-order valence-electron chi connectivity index (χ4n) is 6.56. The van der Waals surface area contributed by atoms with Crippen LogP contribution in [0.2, 0.25) is 0 Å². The fourth-order valence-corrected chi connectivity index (χ4v) is 7.77. The number of nitrogens with one attached hydrogen (secondary N) is 5. The molecule has 2 saturated heterocycles. The number of Topliss-reactive ketones (excluding diaryl/α,β-unsaturated/α-hetero) is 1. The summed E-state index contributed by atoms with van der Waals surface area (Å²) in [4.78, 5) is 68.7. The average molecular weight is 692 g/mol. The number of piperidine rings is 1. The van der Waals surface area contributed by atoms with E-state index in [0.717, 1.165) is 0 Å². The highest BCUT2D eigenvalue weighted by Gasteiger charge is 2.70. The van der Waals surface area contributed by atoms with E-state index in [4.69, 9.17) is 6.42 Å². The third-order valence-corrected chi connectivity index (χ3v) is 11.3. The van der Waals surface area contributed by atoms with Gasteiger partial charge in [0.25, 0.3) is 16.1 Å². The molecule has 1 saturated carbocycles. The molecular weight excluding hydrogens is 638 g/mol. The molecule has 0 aromatic rings. The van der Waals surface area contributed by atoms with Gasteiger partial charge in [-0.25, -0.2) is 9.52 Å². The minimum Gasteiger partial charge on any atom is -0.346 e. The predicted octanol–water partition coefficient (Wildman–Crippen LogP) is 0.518. The lowest BCUT2D eigenvalue weighted by molar-refractivity contribution is -0.145. The van der Waals surface area contributed by atoms with Gasteiger partial charge in [-0.3, -0.25) is 19.2 Å². The molecule has 1 aliphatic carbocycles. The quantitative estimate of drug-likeness (QED) is 0.106. The Bertz CT molecular complexity index is 1440. The number of ketones is 1. The molecule has 3 rings (SSSR count). The molecule has 1 unspecified atom stereocenters. The van der Waals surface area contributed by atoms with E-state index in [0.29, 0.717) is 0 Å². The molecule has 2 heterocycles. The number of hydrogen-bond acceptors (Lipinski definition) is 7. The van der Waals surface area contributed by atoms with Gasteiger partial charge in [-0.15, -0.1) is 18.9 Å². The molecule has 48 heavy (non-hydrogen) atoms. The van der Waals surface area contributed by atoms with Gasteiger partial charge in [0, 0.05) is 45.2 Å². The monoisotopic (exact) mass is 691 g/mol. The highest BCUT2D eigenvalue weighted by Crippen LogP contribution is 2.65. The van der Waals surface area contributed by atoms with Gasteiger partial charge in [-0.05, 0) is 34.5 Å². The van der Waals surface area contributed by atoms with Gasteiger partial charge in [-0.1, -0.05) is 61.5 Å². The van der Waals surface area contributed by atoms with Crippen molar-refractivity contribution >= 4 is 39.7 Å². The number of rotatable bonds is 13. The highest BCUT2D eigenvalue weighted by molar-refractivity contribution is 7.87. The molecule has 0 aromatic carbocycles. The van der Waals surface area contributed by atoms with Crippen LogP contribution in [-0.2, 0) is 29.4 Å². The molecule has 0 spiro atoms. The second-order valence-corrected chi connectivity index (χ2v) is 17.4. The summed E-state index contributed by atoms with van der Waals surface area (Å²) < 4.78 is 28.5. The average Bonchev–Trinajstić information content (AvgIpc) is 3.26. The Hall–Kier alpha value is -3.48. The van der Waals surface area contributed by atoms with E-state index in [1.54, 1.807) is 20.8 Å². The van der Waals surface area contributed by atoms with Crippen molar-refractivity contribution in [2.24, 2.45) is 28.1 Å². The third-order valence-electron chi connectivity index (χ3n) is 9.71. The van der Waals surface area contributed by atoms with Crippen molar-refractivity contribution in [3.05, 3.63) is 12.7 Å². The van der Waals surface area contributed by atoms with Gasteiger partial charge < -0.3 is 26.2 Å². The molecule has 2 aliphatic heterocycles. The molecular formula is C33H53N7O7S. The van der Waals surface area contributed by atoms with Crippen LogP contribution in [0.25, 0.3) is 0 Å². The molecule has 6 atom stereocenters.